The van der Waals surface area contributed by atoms with Crippen molar-refractivity contribution in [2.24, 2.45) is 4.99 Å². The van der Waals surface area contributed by atoms with Crippen LogP contribution in [-0.2, 0) is 4.79 Å². The van der Waals surface area contributed by atoms with Gasteiger partial charge in [-0.2, -0.15) is 0 Å². The highest BCUT2D eigenvalue weighted by Gasteiger charge is 2.05. The molecule has 0 spiro atoms. The fourth-order valence-corrected chi connectivity index (χ4v) is 1.98. The van der Waals surface area contributed by atoms with Crippen molar-refractivity contribution in [2.45, 2.75) is 0 Å². The van der Waals surface area contributed by atoms with Gasteiger partial charge in [0.15, 0.2) is 6.61 Å². The summed E-state index contributed by atoms with van der Waals surface area (Å²) in [5.41, 5.74) is 1.46. The standard InChI is InChI=1S/C16H14ClNO4/c1-21-15-5-3-2-4-13(15)18-9-11-6-7-14(12(17)8-11)22-10-16(19)20/h2-9H,10H2,1H3,(H,19,20). The Morgan fingerprint density at radius 3 is 2.73 bits per heavy atom. The number of carbonyl (C=O) groups is 1. The largest absolute Gasteiger partial charge is 0.494 e. The number of aliphatic carboxylic acids is 1. The SMILES string of the molecule is COc1ccccc1N=Cc1ccc(OCC(=O)O)c(Cl)c1. The summed E-state index contributed by atoms with van der Waals surface area (Å²) < 4.78 is 10.3. The zero-order valence-electron chi connectivity index (χ0n) is 11.8. The summed E-state index contributed by atoms with van der Waals surface area (Å²) in [7, 11) is 1.58. The Kier molecular flexibility index (Phi) is 5.38. The second-order valence-corrected chi connectivity index (χ2v) is 4.71. The summed E-state index contributed by atoms with van der Waals surface area (Å²) in [6.45, 7) is -0.436. The molecule has 0 unspecified atom stereocenters. The number of benzene rings is 2. The fraction of sp³-hybridized carbons (Fsp3) is 0.125. The van der Waals surface area contributed by atoms with Gasteiger partial charge in [0, 0.05) is 6.21 Å². The Bertz CT molecular complexity index is 700. The highest BCUT2D eigenvalue weighted by atomic mass is 35.5. The minimum atomic E-state index is -1.06. The first-order chi connectivity index (χ1) is 10.6. The number of hydrogen-bond acceptors (Lipinski definition) is 4. The first-order valence-corrected chi connectivity index (χ1v) is 6.79. The van der Waals surface area contributed by atoms with E-state index in [2.05, 4.69) is 4.99 Å². The molecular formula is C16H14ClNO4. The molecule has 0 heterocycles. The van der Waals surface area contributed by atoms with E-state index in [1.54, 1.807) is 31.5 Å². The average Bonchev–Trinajstić information content (AvgIpc) is 2.52. The second kappa shape index (κ2) is 7.47. The molecular weight excluding hydrogens is 306 g/mol. The number of rotatable bonds is 6. The second-order valence-electron chi connectivity index (χ2n) is 4.30. The molecule has 0 radical (unpaired) electrons. The normalized spacial score (nSPS) is 10.6. The van der Waals surface area contributed by atoms with Crippen molar-refractivity contribution in [3.63, 3.8) is 0 Å². The molecule has 0 aromatic heterocycles. The first-order valence-electron chi connectivity index (χ1n) is 6.41. The van der Waals surface area contributed by atoms with E-state index >= 15 is 0 Å². The number of aliphatic imine (C=N–C) groups is 1. The predicted molar refractivity (Wildman–Crippen MR) is 84.8 cm³/mol. The maximum absolute atomic E-state index is 10.5. The van der Waals surface area contributed by atoms with Crippen LogP contribution in [0.15, 0.2) is 47.5 Å². The first kappa shape index (κ1) is 15.9. The quantitative estimate of drug-likeness (QED) is 0.827. The maximum atomic E-state index is 10.5. The molecule has 0 saturated carbocycles. The van der Waals surface area contributed by atoms with Crippen LogP contribution in [0.25, 0.3) is 0 Å². The van der Waals surface area contributed by atoms with Gasteiger partial charge in [0.05, 0.1) is 12.1 Å². The average molecular weight is 320 g/mol. The van der Waals surface area contributed by atoms with E-state index in [0.29, 0.717) is 22.2 Å². The molecule has 0 aliphatic heterocycles. The molecule has 22 heavy (non-hydrogen) atoms. The van der Waals surface area contributed by atoms with Crippen molar-refractivity contribution < 1.29 is 19.4 Å². The molecule has 2 rings (SSSR count). The molecule has 0 saturated heterocycles. The number of nitrogens with zero attached hydrogens (tertiary/aromatic N) is 1. The van der Waals surface area contributed by atoms with Crippen molar-refractivity contribution in [3.8, 4) is 11.5 Å². The highest BCUT2D eigenvalue weighted by Crippen LogP contribution is 2.27. The number of carboxylic acids is 1. The molecule has 0 atom stereocenters. The number of halogens is 1. The molecule has 114 valence electrons. The Morgan fingerprint density at radius 1 is 1.27 bits per heavy atom. The molecule has 2 aromatic rings. The van der Waals surface area contributed by atoms with Gasteiger partial charge in [0.2, 0.25) is 0 Å². The van der Waals surface area contributed by atoms with Gasteiger partial charge in [0.25, 0.3) is 0 Å². The van der Waals surface area contributed by atoms with Crippen LogP contribution in [0.5, 0.6) is 11.5 Å². The van der Waals surface area contributed by atoms with Gasteiger partial charge in [0.1, 0.15) is 17.2 Å². The molecule has 0 aliphatic rings. The number of ether oxygens (including phenoxy) is 2. The molecule has 2 aromatic carbocycles. The summed E-state index contributed by atoms with van der Waals surface area (Å²) in [5.74, 6) is -0.0670. The smallest absolute Gasteiger partial charge is 0.341 e. The van der Waals surface area contributed by atoms with Crippen molar-refractivity contribution in [3.05, 3.63) is 53.1 Å². The Morgan fingerprint density at radius 2 is 2.05 bits per heavy atom. The number of carboxylic acid groups (broad SMARTS) is 1. The van der Waals surface area contributed by atoms with E-state index in [-0.39, 0.29) is 0 Å². The monoisotopic (exact) mass is 319 g/mol. The van der Waals surface area contributed by atoms with Crippen molar-refractivity contribution in [1.29, 1.82) is 0 Å². The number of hydrogen-bond donors (Lipinski definition) is 1. The molecule has 0 aliphatic carbocycles. The molecule has 0 amide bonds. The minimum Gasteiger partial charge on any atom is -0.494 e. The number of methoxy groups -OCH3 is 1. The topological polar surface area (TPSA) is 68.1 Å². The van der Waals surface area contributed by atoms with Crippen molar-refractivity contribution in [1.82, 2.24) is 0 Å². The predicted octanol–water partition coefficient (Wildman–Crippen LogP) is 3.56. The third kappa shape index (κ3) is 4.23. The van der Waals surface area contributed by atoms with Gasteiger partial charge in [-0.1, -0.05) is 23.7 Å². The van der Waals surface area contributed by atoms with Crippen LogP contribution in [0.3, 0.4) is 0 Å². The van der Waals surface area contributed by atoms with Gasteiger partial charge < -0.3 is 14.6 Å². The van der Waals surface area contributed by atoms with Crippen molar-refractivity contribution >= 4 is 29.5 Å². The zero-order valence-corrected chi connectivity index (χ0v) is 12.6. The third-order valence-corrected chi connectivity index (χ3v) is 3.04. The van der Waals surface area contributed by atoms with E-state index in [9.17, 15) is 4.79 Å². The molecule has 6 heteroatoms. The van der Waals surface area contributed by atoms with Crippen LogP contribution in [0.2, 0.25) is 5.02 Å². The zero-order chi connectivity index (χ0) is 15.9. The van der Waals surface area contributed by atoms with E-state index in [1.807, 2.05) is 24.3 Å². The summed E-state index contributed by atoms with van der Waals surface area (Å²) in [5, 5.41) is 8.90. The fourth-order valence-electron chi connectivity index (χ4n) is 1.73. The van der Waals surface area contributed by atoms with E-state index < -0.39 is 12.6 Å². The minimum absolute atomic E-state index is 0.318. The van der Waals surface area contributed by atoms with Gasteiger partial charge in [-0.25, -0.2) is 4.79 Å². The van der Waals surface area contributed by atoms with Crippen LogP contribution in [-0.4, -0.2) is 31.0 Å². The lowest BCUT2D eigenvalue weighted by Crippen LogP contribution is -2.09. The molecule has 1 N–H and O–H groups in total. The van der Waals surface area contributed by atoms with Crippen LogP contribution < -0.4 is 9.47 Å². The van der Waals surface area contributed by atoms with Crippen LogP contribution >= 0.6 is 11.6 Å². The van der Waals surface area contributed by atoms with Crippen LogP contribution in [0.4, 0.5) is 5.69 Å². The summed E-state index contributed by atoms with van der Waals surface area (Å²) in [6, 6.07) is 12.4. The van der Waals surface area contributed by atoms with Gasteiger partial charge in [-0.05, 0) is 35.9 Å². The van der Waals surface area contributed by atoms with Crippen molar-refractivity contribution in [2.75, 3.05) is 13.7 Å². The molecule has 5 nitrogen and oxygen atoms in total. The lowest BCUT2D eigenvalue weighted by atomic mass is 10.2. The van der Waals surface area contributed by atoms with Gasteiger partial charge in [-0.3, -0.25) is 4.99 Å². The maximum Gasteiger partial charge on any atom is 0.341 e. The lowest BCUT2D eigenvalue weighted by Gasteiger charge is -2.06. The summed E-state index contributed by atoms with van der Waals surface area (Å²) in [6.07, 6.45) is 1.64. The molecule has 0 bridgehead atoms. The van der Waals surface area contributed by atoms with E-state index in [1.165, 1.54) is 0 Å². The molecule has 0 fully saturated rings. The van der Waals surface area contributed by atoms with Crippen LogP contribution in [0.1, 0.15) is 5.56 Å². The summed E-state index contributed by atoms with van der Waals surface area (Å²) >= 11 is 6.05. The van der Waals surface area contributed by atoms with E-state index in [4.69, 9.17) is 26.2 Å². The van der Waals surface area contributed by atoms with Gasteiger partial charge in [-0.15, -0.1) is 0 Å². The Hall–Kier alpha value is -2.53. The Balaban J connectivity index is 2.15. The van der Waals surface area contributed by atoms with E-state index in [0.717, 1.165) is 5.56 Å². The van der Waals surface area contributed by atoms with Crippen LogP contribution in [0, 0.1) is 0 Å². The lowest BCUT2D eigenvalue weighted by molar-refractivity contribution is -0.139. The van der Waals surface area contributed by atoms with Gasteiger partial charge >= 0.3 is 5.97 Å². The third-order valence-electron chi connectivity index (χ3n) is 2.74. The highest BCUT2D eigenvalue weighted by molar-refractivity contribution is 6.32. The Labute approximate surface area is 132 Å². The number of para-hydroxylation sites is 2. The summed E-state index contributed by atoms with van der Waals surface area (Å²) in [4.78, 5) is 14.8.